The van der Waals surface area contributed by atoms with Gasteiger partial charge in [-0.25, -0.2) is 9.48 Å². The van der Waals surface area contributed by atoms with Crippen molar-refractivity contribution < 1.29 is 38.2 Å². The molecule has 18 heteroatoms. The molecule has 0 bridgehead atoms. The molecule has 1 unspecified atom stereocenters. The van der Waals surface area contributed by atoms with E-state index in [2.05, 4.69) is 20.8 Å². The normalized spacial score (nSPS) is 23.5. The number of β-lactam (4-membered cyclic amide) rings is 1. The van der Waals surface area contributed by atoms with Gasteiger partial charge in [-0.1, -0.05) is 11.8 Å². The van der Waals surface area contributed by atoms with Crippen molar-refractivity contribution in [3.63, 3.8) is 0 Å². The van der Waals surface area contributed by atoms with E-state index in [9.17, 15) is 28.9 Å². The second kappa shape index (κ2) is 10.4. The summed E-state index contributed by atoms with van der Waals surface area (Å²) in [5.41, 5.74) is -1.65. The Morgan fingerprint density at radius 3 is 2.85 bits per heavy atom. The second-order valence-corrected chi connectivity index (χ2v) is 10.7. The fourth-order valence-electron chi connectivity index (χ4n) is 3.33. The number of amides is 2. The van der Waals surface area contributed by atoms with E-state index in [0.717, 1.165) is 21.3 Å². The van der Waals surface area contributed by atoms with Gasteiger partial charge in [-0.3, -0.25) is 19.1 Å². The number of hydrogen-bond donors (Lipinski definition) is 3. The van der Waals surface area contributed by atoms with Crippen LogP contribution < -0.4 is 5.32 Å². The number of aliphatic carboxylic acids is 1. The summed E-state index contributed by atoms with van der Waals surface area (Å²) in [7, 11) is -2.76. The monoisotopic (exact) mass is 533 g/mol. The predicted molar refractivity (Wildman–Crippen MR) is 116 cm³/mol. The van der Waals surface area contributed by atoms with Gasteiger partial charge >= 0.3 is 13.6 Å². The molecule has 3 heterocycles. The molecule has 3 rings (SSSR count). The Morgan fingerprint density at radius 1 is 1.50 bits per heavy atom. The number of thioether (sulfide) groups is 2. The molecule has 3 atom stereocenters. The standard InChI is InChI=1S/C16H20N7O8PS2/c1-3-31-32(28,29)8-22-15(19-20-21-22)34-7-9-6-33-14-16(30-2,18-10(24)4-5-17)13(27)23(14)11(9)12(25)26/h14H,3-4,6-8H2,1-2H3,(H,18,24)(H,25,26)(H,28,29)/t14-,16+/m1/s1. The van der Waals surface area contributed by atoms with Gasteiger partial charge < -0.3 is 24.6 Å². The third kappa shape index (κ3) is 4.97. The molecule has 3 N–H and O–H groups in total. The first kappa shape index (κ1) is 26.1. The first-order valence-electron chi connectivity index (χ1n) is 9.59. The number of carboxylic acid groups (broad SMARTS) is 1. The van der Waals surface area contributed by atoms with Crippen LogP contribution in [0.4, 0.5) is 0 Å². The second-order valence-electron chi connectivity index (χ2n) is 6.86. The molecule has 15 nitrogen and oxygen atoms in total. The molecule has 1 saturated heterocycles. The van der Waals surface area contributed by atoms with E-state index in [4.69, 9.17) is 14.5 Å². The highest BCUT2D eigenvalue weighted by Gasteiger charge is 2.66. The van der Waals surface area contributed by atoms with Gasteiger partial charge in [-0.15, -0.1) is 16.9 Å². The van der Waals surface area contributed by atoms with Crippen LogP contribution in [0.5, 0.6) is 0 Å². The number of tetrazole rings is 1. The van der Waals surface area contributed by atoms with E-state index < -0.39 is 49.2 Å². The highest BCUT2D eigenvalue weighted by atomic mass is 32.2. The number of methoxy groups -OCH3 is 1. The van der Waals surface area contributed by atoms with Gasteiger partial charge in [-0.05, 0) is 22.9 Å². The SMILES string of the molecule is CCOP(=O)(O)Cn1nnnc1SCC1=C(C(=O)O)N2C(=O)[C@](NC(=O)CC#N)(OC)[C@H]2SC1. The number of hydrogen-bond acceptors (Lipinski definition) is 12. The summed E-state index contributed by atoms with van der Waals surface area (Å²) < 4.78 is 23.2. The van der Waals surface area contributed by atoms with Crippen molar-refractivity contribution in [2.75, 3.05) is 25.2 Å². The number of rotatable bonds is 11. The Labute approximate surface area is 201 Å². The van der Waals surface area contributed by atoms with Crippen LogP contribution in [-0.2, 0) is 34.5 Å². The summed E-state index contributed by atoms with van der Waals surface area (Å²) in [5.74, 6) is -2.60. The van der Waals surface area contributed by atoms with E-state index in [1.165, 1.54) is 18.9 Å². The quantitative estimate of drug-likeness (QED) is 0.143. The van der Waals surface area contributed by atoms with Crippen LogP contribution in [0.2, 0.25) is 0 Å². The molecule has 2 aliphatic heterocycles. The molecule has 34 heavy (non-hydrogen) atoms. The number of carbonyl (C=O) groups excluding carboxylic acids is 2. The zero-order valence-electron chi connectivity index (χ0n) is 17.9. The molecule has 184 valence electrons. The van der Waals surface area contributed by atoms with Gasteiger partial charge in [0.15, 0.2) is 0 Å². The Balaban J connectivity index is 1.80. The first-order chi connectivity index (χ1) is 16.1. The fourth-order valence-corrected chi connectivity index (χ4v) is 6.89. The van der Waals surface area contributed by atoms with Crippen molar-refractivity contribution in [3.05, 3.63) is 11.3 Å². The Kier molecular flexibility index (Phi) is 8.01. The third-order valence-electron chi connectivity index (χ3n) is 4.72. The number of nitrogens with one attached hydrogen (secondary N) is 1. The Hall–Kier alpha value is -2.48. The molecular formula is C16H20N7O8PS2. The van der Waals surface area contributed by atoms with Crippen molar-refractivity contribution in [1.29, 1.82) is 5.26 Å². The maximum Gasteiger partial charge on any atom is 0.352 e. The molecular weight excluding hydrogens is 513 g/mol. The summed E-state index contributed by atoms with van der Waals surface area (Å²) in [6, 6.07) is 1.67. The molecule has 2 amide bonds. The van der Waals surface area contributed by atoms with Gasteiger partial charge in [0, 0.05) is 18.6 Å². The molecule has 0 radical (unpaired) electrons. The lowest BCUT2D eigenvalue weighted by atomic mass is 9.98. The third-order valence-corrected chi connectivity index (χ3v) is 8.42. The Bertz CT molecular complexity index is 1120. The van der Waals surface area contributed by atoms with Crippen LogP contribution in [0.15, 0.2) is 16.4 Å². The van der Waals surface area contributed by atoms with Crippen LogP contribution in [-0.4, -0.2) is 89.2 Å². The minimum absolute atomic E-state index is 0.0232. The first-order valence-corrected chi connectivity index (χ1v) is 13.4. The number of aromatic nitrogens is 4. The average Bonchev–Trinajstić information content (AvgIpc) is 3.21. The number of carbonyl (C=O) groups is 3. The fraction of sp³-hybridized carbons (Fsp3) is 0.562. The minimum atomic E-state index is -3.97. The molecule has 0 aliphatic carbocycles. The molecule has 2 aliphatic rings. The lowest BCUT2D eigenvalue weighted by molar-refractivity contribution is -0.192. The van der Waals surface area contributed by atoms with E-state index in [1.807, 2.05) is 0 Å². The minimum Gasteiger partial charge on any atom is -0.477 e. The lowest BCUT2D eigenvalue weighted by Crippen LogP contribution is -2.80. The zero-order chi connectivity index (χ0) is 25.1. The smallest absolute Gasteiger partial charge is 0.352 e. The van der Waals surface area contributed by atoms with Gasteiger partial charge in [0.1, 0.15) is 23.8 Å². The van der Waals surface area contributed by atoms with Crippen molar-refractivity contribution >= 4 is 48.9 Å². The molecule has 1 aromatic heterocycles. The number of nitrogens with zero attached hydrogens (tertiary/aromatic N) is 6. The summed E-state index contributed by atoms with van der Waals surface area (Å²) in [6.07, 6.45) is -0.973. The number of fused-ring (bicyclic) bond motifs is 1. The highest BCUT2D eigenvalue weighted by molar-refractivity contribution is 8.01. The van der Waals surface area contributed by atoms with Gasteiger partial charge in [-0.2, -0.15) is 5.26 Å². The summed E-state index contributed by atoms with van der Waals surface area (Å²) >= 11 is 2.20. The van der Waals surface area contributed by atoms with Crippen molar-refractivity contribution in [2.24, 2.45) is 0 Å². The van der Waals surface area contributed by atoms with Crippen LogP contribution in [0.3, 0.4) is 0 Å². The summed E-state index contributed by atoms with van der Waals surface area (Å²) in [4.78, 5) is 47.7. The largest absolute Gasteiger partial charge is 0.477 e. The van der Waals surface area contributed by atoms with Gasteiger partial charge in [0.25, 0.3) is 11.6 Å². The Morgan fingerprint density at radius 2 is 2.24 bits per heavy atom. The molecule has 0 saturated carbocycles. The van der Waals surface area contributed by atoms with Crippen molar-refractivity contribution in [2.45, 2.75) is 35.9 Å². The van der Waals surface area contributed by atoms with Crippen LogP contribution in [0.25, 0.3) is 0 Å². The maximum atomic E-state index is 12.9. The molecule has 0 spiro atoms. The van der Waals surface area contributed by atoms with E-state index in [1.54, 1.807) is 13.0 Å². The van der Waals surface area contributed by atoms with Gasteiger partial charge in [0.2, 0.25) is 11.1 Å². The highest BCUT2D eigenvalue weighted by Crippen LogP contribution is 2.47. The predicted octanol–water partition coefficient (Wildman–Crippen LogP) is -0.429. The number of nitriles is 1. The van der Waals surface area contributed by atoms with E-state index in [0.29, 0.717) is 5.57 Å². The van der Waals surface area contributed by atoms with E-state index in [-0.39, 0.29) is 29.0 Å². The average molecular weight is 533 g/mol. The maximum absolute atomic E-state index is 12.9. The van der Waals surface area contributed by atoms with Crippen LogP contribution in [0, 0.1) is 11.3 Å². The summed E-state index contributed by atoms with van der Waals surface area (Å²) in [6.45, 7) is 1.59. The van der Waals surface area contributed by atoms with Crippen molar-refractivity contribution in [3.8, 4) is 6.07 Å². The number of carboxylic acids is 1. The number of ether oxygens (including phenoxy) is 1. The topological polar surface area (TPSA) is 210 Å². The van der Waals surface area contributed by atoms with Crippen LogP contribution in [0.1, 0.15) is 13.3 Å². The molecule has 1 fully saturated rings. The van der Waals surface area contributed by atoms with Crippen LogP contribution >= 0.6 is 31.1 Å². The zero-order valence-corrected chi connectivity index (χ0v) is 20.4. The van der Waals surface area contributed by atoms with E-state index >= 15 is 0 Å². The lowest BCUT2D eigenvalue weighted by Gasteiger charge is -2.55. The summed E-state index contributed by atoms with van der Waals surface area (Å²) in [5, 5.41) is 31.1. The molecule has 0 aromatic carbocycles. The molecule has 1 aromatic rings. The van der Waals surface area contributed by atoms with Gasteiger partial charge in [0.05, 0.1) is 12.7 Å². The van der Waals surface area contributed by atoms with Crippen molar-refractivity contribution in [1.82, 2.24) is 30.4 Å².